The summed E-state index contributed by atoms with van der Waals surface area (Å²) < 4.78 is 36.1. The van der Waals surface area contributed by atoms with E-state index in [0.717, 1.165) is 6.07 Å². The maximum atomic E-state index is 16.3. The first-order chi connectivity index (χ1) is 15.3. The zero-order chi connectivity index (χ0) is 24.6. The first-order valence-electron chi connectivity index (χ1n) is 11.1. The number of halogens is 2. The Hall–Kier alpha value is -2.75. The third-order valence-corrected chi connectivity index (χ3v) is 6.22. The molecule has 1 aromatic carbocycles. The number of benzene rings is 1. The zero-order valence-corrected chi connectivity index (χ0v) is 19.6. The molecule has 1 aromatic rings. The number of ether oxygens (including phenoxy) is 1. The number of nitro groups is 1. The number of hydrogen-bond donors (Lipinski definition) is 0. The van der Waals surface area contributed by atoms with Gasteiger partial charge in [0.25, 0.3) is 5.69 Å². The minimum atomic E-state index is -1.80. The predicted octanol–water partition coefficient (Wildman–Crippen LogP) is 4.15. The average Bonchev–Trinajstić information content (AvgIpc) is 2.72. The van der Waals surface area contributed by atoms with E-state index in [2.05, 4.69) is 6.58 Å². The average molecular weight is 467 g/mol. The lowest BCUT2D eigenvalue weighted by molar-refractivity contribution is -0.385. The van der Waals surface area contributed by atoms with Gasteiger partial charge < -0.3 is 14.5 Å². The highest BCUT2D eigenvalue weighted by Crippen LogP contribution is 2.37. The molecule has 2 saturated heterocycles. The Morgan fingerprint density at radius 3 is 2.39 bits per heavy atom. The summed E-state index contributed by atoms with van der Waals surface area (Å²) in [5, 5.41) is 10.9. The number of non-ortho nitro benzene ring substituents is 1. The Morgan fingerprint density at radius 1 is 1.24 bits per heavy atom. The van der Waals surface area contributed by atoms with Crippen LogP contribution >= 0.6 is 0 Å². The second-order valence-electron chi connectivity index (χ2n) is 9.77. The van der Waals surface area contributed by atoms with Gasteiger partial charge in [-0.3, -0.25) is 15.0 Å². The number of alkyl halides is 1. The van der Waals surface area contributed by atoms with Crippen LogP contribution in [0.1, 0.15) is 34.1 Å². The topological polar surface area (TPSA) is 79.2 Å². The van der Waals surface area contributed by atoms with E-state index in [1.165, 1.54) is 17.0 Å². The lowest BCUT2D eigenvalue weighted by atomic mass is 9.82. The summed E-state index contributed by atoms with van der Waals surface area (Å²) in [6.45, 7) is 12.9. The molecule has 1 amide bonds. The predicted molar refractivity (Wildman–Crippen MR) is 122 cm³/mol. The van der Waals surface area contributed by atoms with E-state index in [1.807, 2.05) is 9.80 Å². The fourth-order valence-corrected chi connectivity index (χ4v) is 4.48. The highest BCUT2D eigenvalue weighted by Gasteiger charge is 2.49. The summed E-state index contributed by atoms with van der Waals surface area (Å²) in [4.78, 5) is 28.0. The Kier molecular flexibility index (Phi) is 6.97. The number of likely N-dealkylation sites (tertiary alicyclic amines) is 1. The van der Waals surface area contributed by atoms with Crippen molar-refractivity contribution < 1.29 is 23.2 Å². The molecule has 0 radical (unpaired) electrons. The molecule has 0 aromatic heterocycles. The normalized spacial score (nSPS) is 24.5. The molecular formula is C23H32F2N4O4. The maximum absolute atomic E-state index is 16.3. The number of amides is 1. The van der Waals surface area contributed by atoms with Crippen LogP contribution in [0.3, 0.4) is 0 Å². The number of nitro benzene ring substituents is 1. The molecule has 0 aliphatic carbocycles. The summed E-state index contributed by atoms with van der Waals surface area (Å²) in [5.74, 6) is -0.648. The van der Waals surface area contributed by atoms with Crippen molar-refractivity contribution in [2.24, 2.45) is 0 Å². The van der Waals surface area contributed by atoms with Crippen molar-refractivity contribution >= 4 is 17.5 Å². The van der Waals surface area contributed by atoms with Crippen LogP contribution in [0.5, 0.6) is 0 Å². The molecule has 0 N–H and O–H groups in total. The lowest BCUT2D eigenvalue weighted by Crippen LogP contribution is -2.64. The van der Waals surface area contributed by atoms with Crippen LogP contribution < -0.4 is 4.90 Å². The Bertz CT molecular complexity index is 928. The van der Waals surface area contributed by atoms with Crippen molar-refractivity contribution in [1.82, 2.24) is 9.80 Å². The molecule has 2 unspecified atom stereocenters. The van der Waals surface area contributed by atoms with Gasteiger partial charge in [-0.05, 0) is 45.8 Å². The van der Waals surface area contributed by atoms with E-state index in [9.17, 15) is 19.3 Å². The first-order valence-corrected chi connectivity index (χ1v) is 11.1. The second-order valence-corrected chi connectivity index (χ2v) is 9.77. The van der Waals surface area contributed by atoms with E-state index in [4.69, 9.17) is 4.74 Å². The molecule has 2 atom stereocenters. The molecular weight excluding hydrogens is 434 g/mol. The van der Waals surface area contributed by atoms with Gasteiger partial charge in [-0.1, -0.05) is 6.58 Å². The van der Waals surface area contributed by atoms with Gasteiger partial charge in [0.1, 0.15) is 5.60 Å². The van der Waals surface area contributed by atoms with Gasteiger partial charge in [-0.2, -0.15) is 0 Å². The Labute approximate surface area is 192 Å². The van der Waals surface area contributed by atoms with Gasteiger partial charge in [0.2, 0.25) is 0 Å². The molecule has 0 spiro atoms. The molecule has 2 aliphatic rings. The number of carbonyl (C=O) groups excluding carboxylic acids is 1. The third-order valence-electron chi connectivity index (χ3n) is 6.22. The van der Waals surface area contributed by atoms with Gasteiger partial charge in [0.15, 0.2) is 11.5 Å². The standard InChI is InChI=1S/C23H32F2N4O4/c1-16(2)23(25)15-28(21(30)33-22(3,4)5)9-8-20(23)27-12-10-26(11-13-27)19-7-6-17(29(31)32)14-18(19)24/h6-7,14,20H,1,8-13,15H2,2-5H3. The number of anilines is 1. The highest BCUT2D eigenvalue weighted by atomic mass is 19.1. The van der Waals surface area contributed by atoms with E-state index in [-0.39, 0.29) is 12.2 Å². The molecule has 2 aliphatic heterocycles. The van der Waals surface area contributed by atoms with Crippen LogP contribution in [-0.4, -0.2) is 77.4 Å². The number of rotatable bonds is 4. The largest absolute Gasteiger partial charge is 0.444 e. The van der Waals surface area contributed by atoms with Gasteiger partial charge in [-0.25, -0.2) is 13.6 Å². The van der Waals surface area contributed by atoms with E-state index >= 15 is 4.39 Å². The maximum Gasteiger partial charge on any atom is 0.410 e. The van der Waals surface area contributed by atoms with Crippen LogP contribution in [-0.2, 0) is 4.74 Å². The molecule has 0 saturated carbocycles. The molecule has 2 heterocycles. The first kappa shape index (κ1) is 24.9. The van der Waals surface area contributed by atoms with E-state index in [0.29, 0.717) is 50.4 Å². The fourth-order valence-electron chi connectivity index (χ4n) is 4.48. The monoisotopic (exact) mass is 466 g/mol. The van der Waals surface area contributed by atoms with Crippen molar-refractivity contribution in [2.45, 2.75) is 51.4 Å². The summed E-state index contributed by atoms with van der Waals surface area (Å²) >= 11 is 0. The quantitative estimate of drug-likeness (QED) is 0.377. The van der Waals surface area contributed by atoms with Crippen LogP contribution in [0.2, 0.25) is 0 Å². The molecule has 0 bridgehead atoms. The Balaban J connectivity index is 1.68. The van der Waals surface area contributed by atoms with E-state index < -0.39 is 34.1 Å². The summed E-state index contributed by atoms with van der Waals surface area (Å²) in [6.07, 6.45) is -0.114. The number of nitrogens with zero attached hydrogens (tertiary/aromatic N) is 4. The van der Waals surface area contributed by atoms with Crippen molar-refractivity contribution in [3.8, 4) is 0 Å². The number of piperidine rings is 1. The molecule has 182 valence electrons. The number of piperazine rings is 1. The van der Waals surface area contributed by atoms with Crippen molar-refractivity contribution in [2.75, 3.05) is 44.2 Å². The van der Waals surface area contributed by atoms with E-state index in [1.54, 1.807) is 27.7 Å². The highest BCUT2D eigenvalue weighted by molar-refractivity contribution is 5.68. The van der Waals surface area contributed by atoms with Gasteiger partial charge in [0, 0.05) is 38.8 Å². The van der Waals surface area contributed by atoms with Crippen LogP contribution in [0.25, 0.3) is 0 Å². The van der Waals surface area contributed by atoms with Crippen LogP contribution in [0, 0.1) is 15.9 Å². The molecule has 8 nitrogen and oxygen atoms in total. The minimum Gasteiger partial charge on any atom is -0.444 e. The molecule has 10 heteroatoms. The third kappa shape index (κ3) is 5.43. The zero-order valence-electron chi connectivity index (χ0n) is 19.6. The SMILES string of the molecule is C=C(C)C1(F)CN(C(=O)OC(C)(C)C)CCC1N1CCN(c2ccc([N+](=O)[O-])cc2F)CC1. The van der Waals surface area contributed by atoms with Crippen molar-refractivity contribution in [1.29, 1.82) is 0 Å². The fraction of sp³-hybridized carbons (Fsp3) is 0.609. The summed E-state index contributed by atoms with van der Waals surface area (Å²) in [6, 6.07) is 3.15. The summed E-state index contributed by atoms with van der Waals surface area (Å²) in [7, 11) is 0. The smallest absolute Gasteiger partial charge is 0.410 e. The van der Waals surface area contributed by atoms with Crippen molar-refractivity contribution in [3.05, 3.63) is 46.3 Å². The molecule has 3 rings (SSSR count). The number of carbonyl (C=O) groups is 1. The molecule has 2 fully saturated rings. The van der Waals surface area contributed by atoms with Gasteiger partial charge in [0.05, 0.1) is 29.3 Å². The van der Waals surface area contributed by atoms with Crippen LogP contribution in [0.15, 0.2) is 30.4 Å². The van der Waals surface area contributed by atoms with Gasteiger partial charge in [-0.15, -0.1) is 0 Å². The second kappa shape index (κ2) is 9.24. The van der Waals surface area contributed by atoms with Crippen molar-refractivity contribution in [3.63, 3.8) is 0 Å². The number of hydrogen-bond acceptors (Lipinski definition) is 6. The molecule has 33 heavy (non-hydrogen) atoms. The van der Waals surface area contributed by atoms with Crippen LogP contribution in [0.4, 0.5) is 25.0 Å². The summed E-state index contributed by atoms with van der Waals surface area (Å²) in [5.41, 5.74) is -2.11. The lowest BCUT2D eigenvalue weighted by Gasteiger charge is -2.50. The van der Waals surface area contributed by atoms with Gasteiger partial charge >= 0.3 is 6.09 Å². The Morgan fingerprint density at radius 2 is 1.88 bits per heavy atom. The minimum absolute atomic E-state index is 0.126.